The molecular weight excluding hydrogens is 931 g/mol. The van der Waals surface area contributed by atoms with Crippen LogP contribution in [0.25, 0.3) is 0 Å². The van der Waals surface area contributed by atoms with Gasteiger partial charge < -0.3 is 38.6 Å². The van der Waals surface area contributed by atoms with Crippen molar-refractivity contribution in [1.82, 2.24) is 14.7 Å². The summed E-state index contributed by atoms with van der Waals surface area (Å²) in [5.74, 6) is -1.41. The largest absolute Gasteiger partial charge is 0.471 e. The zero-order valence-electron chi connectivity index (χ0n) is 39.4. The summed E-state index contributed by atoms with van der Waals surface area (Å²) in [5.41, 5.74) is 3.92. The zero-order chi connectivity index (χ0) is 51.3. The number of β-lactam (4-membered cyclic amide) rings is 3. The minimum atomic E-state index is -1.000. The molecule has 0 radical (unpaired) electrons. The minimum absolute atomic E-state index is 0.0913. The number of amides is 3. The van der Waals surface area contributed by atoms with Crippen molar-refractivity contribution in [2.75, 3.05) is 13.2 Å². The number of aliphatic hydroxyl groups excluding tert-OH is 2. The van der Waals surface area contributed by atoms with Crippen LogP contribution in [-0.2, 0) is 81.8 Å². The van der Waals surface area contributed by atoms with E-state index in [2.05, 4.69) is 19.7 Å². The van der Waals surface area contributed by atoms with E-state index < -0.39 is 54.7 Å². The molecule has 6 fully saturated rings. The lowest BCUT2D eigenvalue weighted by Gasteiger charge is -2.33. The maximum Gasteiger partial charge on any atom is 0.337 e. The smallest absolute Gasteiger partial charge is 0.337 e. The Balaban J connectivity index is 0.000000158. The van der Waals surface area contributed by atoms with Crippen LogP contribution >= 0.6 is 0 Å². The number of esters is 3. The molecule has 72 heavy (non-hydrogen) atoms. The summed E-state index contributed by atoms with van der Waals surface area (Å²) in [6.07, 6.45) is 5.69. The number of rotatable bonds is 18. The number of carbonyl (C=O) groups is 7. The van der Waals surface area contributed by atoms with Gasteiger partial charge in [-0.15, -0.1) is 19.7 Å². The average Bonchev–Trinajstić information content (AvgIpc) is 4.01. The Labute approximate surface area is 415 Å². The van der Waals surface area contributed by atoms with Crippen molar-refractivity contribution >= 4 is 41.9 Å². The lowest BCUT2D eigenvalue weighted by Crippen LogP contribution is -2.55. The van der Waals surface area contributed by atoms with E-state index in [1.165, 1.54) is 14.7 Å². The van der Waals surface area contributed by atoms with E-state index in [-0.39, 0.29) is 82.2 Å². The third kappa shape index (κ3) is 11.4. The molecule has 18 heteroatoms. The first-order chi connectivity index (χ1) is 35.0. The molecule has 3 amide bonds. The molecule has 6 aliphatic rings. The van der Waals surface area contributed by atoms with Gasteiger partial charge in [0.1, 0.15) is 43.4 Å². The quantitative estimate of drug-likeness (QED) is 0.0439. The first-order valence-corrected chi connectivity index (χ1v) is 23.2. The highest BCUT2D eigenvalue weighted by molar-refractivity contribution is 5.94. The fourth-order valence-electron chi connectivity index (χ4n) is 8.53. The predicted octanol–water partition coefficient (Wildman–Crippen LogP) is 4.74. The summed E-state index contributed by atoms with van der Waals surface area (Å²) in [5, 5.41) is 19.1. The molecule has 18 nitrogen and oxygen atoms in total. The van der Waals surface area contributed by atoms with Crippen LogP contribution in [0, 0.1) is 0 Å². The maximum atomic E-state index is 12.6. The Hall–Kier alpha value is -8.09. The lowest BCUT2D eigenvalue weighted by molar-refractivity contribution is -0.166. The number of aliphatic hydroxyl groups is 2. The number of fused-ring (bicyclic) bond motifs is 3. The summed E-state index contributed by atoms with van der Waals surface area (Å²) in [7, 11) is 0. The Morgan fingerprint density at radius 3 is 1.10 bits per heavy atom. The normalized spacial score (nSPS) is 23.8. The van der Waals surface area contributed by atoms with Crippen molar-refractivity contribution in [3.05, 3.63) is 180 Å². The zero-order valence-corrected chi connectivity index (χ0v) is 39.4. The molecule has 3 aromatic carbocycles. The molecule has 3 aromatic rings. The monoisotopic (exact) mass is 985 g/mol. The summed E-state index contributed by atoms with van der Waals surface area (Å²) in [4.78, 5) is 88.5. The standard InChI is InChI=1S/2C18H19NO5.C18H17NO5/c3*1-2-6-13(10-20)17-16(19-14(21)9-15(19)24-17)18(22)23-11-12-7-4-3-5-8-12/h2*2-5,7-8,15-16,20H,1,6,9-11H2;2-5,7-8,10,15-16H,1,6,9,11H2/b17-13+;17-13-;17-13+/t3*15-,16?/m111/s1. The molecule has 0 aliphatic carbocycles. The summed E-state index contributed by atoms with van der Waals surface area (Å²) >= 11 is 0. The van der Waals surface area contributed by atoms with E-state index in [9.17, 15) is 43.8 Å². The molecule has 9 rings (SSSR count). The third-order valence-corrected chi connectivity index (χ3v) is 12.2. The molecule has 6 atom stereocenters. The van der Waals surface area contributed by atoms with E-state index in [0.29, 0.717) is 47.4 Å². The van der Waals surface area contributed by atoms with Crippen molar-refractivity contribution < 1.29 is 72.2 Å². The summed E-state index contributed by atoms with van der Waals surface area (Å²) < 4.78 is 33.1. The van der Waals surface area contributed by atoms with E-state index in [0.717, 1.165) is 16.7 Å². The summed E-state index contributed by atoms with van der Waals surface area (Å²) in [6.45, 7) is 10.7. The second-order valence-electron chi connectivity index (χ2n) is 17.0. The van der Waals surface area contributed by atoms with Gasteiger partial charge in [0.2, 0.25) is 17.7 Å². The fourth-order valence-corrected chi connectivity index (χ4v) is 8.53. The second-order valence-corrected chi connectivity index (χ2v) is 17.0. The van der Waals surface area contributed by atoms with E-state index in [1.807, 2.05) is 91.0 Å². The Kier molecular flexibility index (Phi) is 17.4. The molecule has 0 aromatic heterocycles. The van der Waals surface area contributed by atoms with Crippen LogP contribution in [0.3, 0.4) is 0 Å². The van der Waals surface area contributed by atoms with E-state index in [1.54, 1.807) is 18.2 Å². The van der Waals surface area contributed by atoms with Gasteiger partial charge >= 0.3 is 17.9 Å². The maximum absolute atomic E-state index is 12.6. The van der Waals surface area contributed by atoms with Gasteiger partial charge in [0, 0.05) is 5.57 Å². The highest BCUT2D eigenvalue weighted by Gasteiger charge is 2.57. The number of hydrogen-bond acceptors (Lipinski definition) is 15. The van der Waals surface area contributed by atoms with Crippen LogP contribution in [0.1, 0.15) is 55.2 Å². The number of allylic oxidation sites excluding steroid dienone is 4. The number of carbonyl (C=O) groups excluding carboxylic acids is 7. The van der Waals surface area contributed by atoms with Gasteiger partial charge in [-0.1, -0.05) is 109 Å². The topological polar surface area (TPSA) is 225 Å². The van der Waals surface area contributed by atoms with Crippen molar-refractivity contribution in [1.29, 1.82) is 0 Å². The molecule has 0 bridgehead atoms. The number of benzene rings is 3. The first kappa shape index (κ1) is 51.8. The summed E-state index contributed by atoms with van der Waals surface area (Å²) in [6, 6.07) is 25.0. The van der Waals surface area contributed by atoms with Crippen LogP contribution in [-0.4, -0.2) is 117 Å². The fraction of sp³-hybridized carbons (Fsp3) is 0.315. The number of aldehydes is 1. The van der Waals surface area contributed by atoms with Crippen molar-refractivity contribution in [3.8, 4) is 0 Å². The molecule has 6 heterocycles. The van der Waals surface area contributed by atoms with Gasteiger partial charge in [-0.2, -0.15) is 0 Å². The van der Waals surface area contributed by atoms with Crippen LogP contribution in [0.4, 0.5) is 0 Å². The van der Waals surface area contributed by atoms with Crippen LogP contribution in [0.15, 0.2) is 163 Å². The molecule has 376 valence electrons. The van der Waals surface area contributed by atoms with Crippen molar-refractivity contribution in [2.24, 2.45) is 0 Å². The van der Waals surface area contributed by atoms with Crippen LogP contribution in [0.2, 0.25) is 0 Å². The second kappa shape index (κ2) is 24.2. The highest BCUT2D eigenvalue weighted by atomic mass is 16.6. The molecule has 3 unspecified atom stereocenters. The van der Waals surface area contributed by atoms with Gasteiger partial charge in [0.05, 0.1) is 32.5 Å². The minimum Gasteiger partial charge on any atom is -0.471 e. The average molecular weight is 986 g/mol. The lowest BCUT2D eigenvalue weighted by atomic mass is 10.0. The number of ether oxygens (including phenoxy) is 6. The molecule has 6 saturated heterocycles. The van der Waals surface area contributed by atoms with Crippen LogP contribution < -0.4 is 0 Å². The van der Waals surface area contributed by atoms with Crippen LogP contribution in [0.5, 0.6) is 0 Å². The van der Waals surface area contributed by atoms with Gasteiger partial charge in [-0.25, -0.2) is 14.4 Å². The van der Waals surface area contributed by atoms with Crippen molar-refractivity contribution in [2.45, 2.75) is 95.2 Å². The van der Waals surface area contributed by atoms with E-state index >= 15 is 0 Å². The Bertz CT molecular complexity index is 2530. The van der Waals surface area contributed by atoms with Gasteiger partial charge in [-0.05, 0) is 47.1 Å². The van der Waals surface area contributed by atoms with Gasteiger partial charge in [0.15, 0.2) is 36.8 Å². The van der Waals surface area contributed by atoms with Gasteiger partial charge in [-0.3, -0.25) is 33.9 Å². The molecule has 0 spiro atoms. The third-order valence-electron chi connectivity index (χ3n) is 12.2. The predicted molar refractivity (Wildman–Crippen MR) is 255 cm³/mol. The highest BCUT2D eigenvalue weighted by Crippen LogP contribution is 2.41. The van der Waals surface area contributed by atoms with E-state index in [4.69, 9.17) is 28.4 Å². The number of nitrogens with zero attached hydrogens (tertiary/aromatic N) is 3. The first-order valence-electron chi connectivity index (χ1n) is 23.2. The Morgan fingerprint density at radius 2 is 0.819 bits per heavy atom. The molecular formula is C54H55N3O15. The molecule has 6 aliphatic heterocycles. The van der Waals surface area contributed by atoms with Gasteiger partial charge in [0.25, 0.3) is 0 Å². The SMILES string of the molecule is C=CC/C(C=O)=C1\O[C@@H]2CC(=O)N2C1C(=O)OCc1ccccc1.C=CC/C(CO)=C1/O[C@@H]2CC(=O)N2C1C(=O)OCc1ccccc1.C=CC/C(CO)=C1\O[C@@H]2CC(=O)N2C1C(=O)OCc1ccccc1. The molecule has 2 N–H and O–H groups in total. The number of hydrogen-bond donors (Lipinski definition) is 2. The Morgan fingerprint density at radius 1 is 0.514 bits per heavy atom. The van der Waals surface area contributed by atoms with Crippen molar-refractivity contribution in [3.63, 3.8) is 0 Å². The molecule has 0 saturated carbocycles.